The predicted molar refractivity (Wildman–Crippen MR) is 64.5 cm³/mol. The van der Waals surface area contributed by atoms with E-state index in [2.05, 4.69) is 13.8 Å². The summed E-state index contributed by atoms with van der Waals surface area (Å²) in [5.74, 6) is -0.162. The number of hydrogen-bond donors (Lipinski definition) is 1. The zero-order valence-electron chi connectivity index (χ0n) is 10.1. The molecule has 0 heterocycles. The quantitative estimate of drug-likeness (QED) is 0.770. The van der Waals surface area contributed by atoms with Gasteiger partial charge in [0.2, 0.25) is 0 Å². The molecule has 88 valence electrons. The molecule has 0 radical (unpaired) electrons. The Labute approximate surface area is 96.9 Å². The standard InChI is InChI=1S/C14H20FN/c1-13(2)7-9-14(16,10-8-13)11-5-3-4-6-12(11)15/h3-6H,7-10,16H2,1-2H3. The van der Waals surface area contributed by atoms with Crippen molar-refractivity contribution in [2.24, 2.45) is 11.1 Å². The third-order valence-corrected chi connectivity index (χ3v) is 3.91. The highest BCUT2D eigenvalue weighted by Gasteiger charge is 2.37. The first-order chi connectivity index (χ1) is 7.43. The van der Waals surface area contributed by atoms with Crippen LogP contribution in [0, 0.1) is 11.2 Å². The zero-order valence-corrected chi connectivity index (χ0v) is 10.1. The zero-order chi connectivity index (χ0) is 11.8. The lowest BCUT2D eigenvalue weighted by Crippen LogP contribution is -2.43. The van der Waals surface area contributed by atoms with Gasteiger partial charge in [-0.05, 0) is 37.2 Å². The molecule has 0 atom stereocenters. The molecule has 0 unspecified atom stereocenters. The molecule has 1 saturated carbocycles. The summed E-state index contributed by atoms with van der Waals surface area (Å²) in [7, 11) is 0. The molecule has 0 aliphatic heterocycles. The molecule has 0 bridgehead atoms. The number of rotatable bonds is 1. The second-order valence-electron chi connectivity index (χ2n) is 5.80. The van der Waals surface area contributed by atoms with Gasteiger partial charge < -0.3 is 5.73 Å². The lowest BCUT2D eigenvalue weighted by atomic mass is 9.67. The highest BCUT2D eigenvalue weighted by atomic mass is 19.1. The van der Waals surface area contributed by atoms with E-state index in [0.717, 1.165) is 25.7 Å². The monoisotopic (exact) mass is 221 g/mol. The fourth-order valence-corrected chi connectivity index (χ4v) is 2.51. The largest absolute Gasteiger partial charge is 0.321 e. The van der Waals surface area contributed by atoms with Crippen molar-refractivity contribution in [2.45, 2.75) is 45.1 Å². The molecule has 0 aromatic heterocycles. The fourth-order valence-electron chi connectivity index (χ4n) is 2.51. The van der Waals surface area contributed by atoms with Gasteiger partial charge in [-0.3, -0.25) is 0 Å². The predicted octanol–water partition coefficient (Wildman–Crippen LogP) is 3.58. The van der Waals surface area contributed by atoms with Crippen LogP contribution < -0.4 is 5.73 Å². The molecule has 1 aliphatic carbocycles. The van der Waals surface area contributed by atoms with Crippen LogP contribution in [0.3, 0.4) is 0 Å². The first kappa shape index (κ1) is 11.6. The Kier molecular flexibility index (Phi) is 2.79. The minimum atomic E-state index is -0.457. The van der Waals surface area contributed by atoms with Gasteiger partial charge in [-0.15, -0.1) is 0 Å². The normalized spacial score (nSPS) is 23.0. The Balaban J connectivity index is 2.25. The Morgan fingerprint density at radius 1 is 1.06 bits per heavy atom. The Morgan fingerprint density at radius 3 is 2.19 bits per heavy atom. The highest BCUT2D eigenvalue weighted by molar-refractivity contribution is 5.26. The molecule has 1 aromatic rings. The van der Waals surface area contributed by atoms with Gasteiger partial charge in [-0.2, -0.15) is 0 Å². The van der Waals surface area contributed by atoms with E-state index in [-0.39, 0.29) is 5.82 Å². The van der Waals surface area contributed by atoms with Gasteiger partial charge in [-0.1, -0.05) is 32.0 Å². The third kappa shape index (κ3) is 2.12. The molecular weight excluding hydrogens is 201 g/mol. The third-order valence-electron chi connectivity index (χ3n) is 3.91. The van der Waals surface area contributed by atoms with E-state index in [1.54, 1.807) is 6.07 Å². The van der Waals surface area contributed by atoms with Crippen molar-refractivity contribution in [3.05, 3.63) is 35.6 Å². The summed E-state index contributed by atoms with van der Waals surface area (Å²) in [5.41, 5.74) is 6.95. The molecule has 16 heavy (non-hydrogen) atoms. The van der Waals surface area contributed by atoms with Gasteiger partial charge in [0, 0.05) is 11.1 Å². The summed E-state index contributed by atoms with van der Waals surface area (Å²) in [6, 6.07) is 6.92. The van der Waals surface area contributed by atoms with Gasteiger partial charge in [-0.25, -0.2) is 4.39 Å². The van der Waals surface area contributed by atoms with Crippen molar-refractivity contribution in [3.8, 4) is 0 Å². The second kappa shape index (κ2) is 3.85. The van der Waals surface area contributed by atoms with E-state index in [1.807, 2.05) is 12.1 Å². The summed E-state index contributed by atoms with van der Waals surface area (Å²) >= 11 is 0. The van der Waals surface area contributed by atoms with Crippen molar-refractivity contribution >= 4 is 0 Å². The molecule has 2 heteroatoms. The van der Waals surface area contributed by atoms with E-state index >= 15 is 0 Å². The maximum Gasteiger partial charge on any atom is 0.128 e. The van der Waals surface area contributed by atoms with Gasteiger partial charge in [0.15, 0.2) is 0 Å². The molecular formula is C14H20FN. The average Bonchev–Trinajstić information content (AvgIpc) is 2.24. The van der Waals surface area contributed by atoms with E-state index in [9.17, 15) is 4.39 Å². The van der Waals surface area contributed by atoms with Crippen LogP contribution >= 0.6 is 0 Å². The summed E-state index contributed by atoms with van der Waals surface area (Å²) in [6.07, 6.45) is 3.89. The molecule has 1 nitrogen and oxygen atoms in total. The second-order valence-corrected chi connectivity index (χ2v) is 5.80. The van der Waals surface area contributed by atoms with E-state index < -0.39 is 5.54 Å². The minimum Gasteiger partial charge on any atom is -0.321 e. The average molecular weight is 221 g/mol. The molecule has 0 spiro atoms. The van der Waals surface area contributed by atoms with Crippen LogP contribution in [0.25, 0.3) is 0 Å². The van der Waals surface area contributed by atoms with Crippen molar-refractivity contribution in [1.29, 1.82) is 0 Å². The van der Waals surface area contributed by atoms with Crippen molar-refractivity contribution in [2.75, 3.05) is 0 Å². The van der Waals surface area contributed by atoms with Gasteiger partial charge in [0.25, 0.3) is 0 Å². The smallest absolute Gasteiger partial charge is 0.128 e. The number of halogens is 1. The molecule has 0 saturated heterocycles. The Morgan fingerprint density at radius 2 is 1.62 bits per heavy atom. The lowest BCUT2D eigenvalue weighted by molar-refractivity contribution is 0.162. The van der Waals surface area contributed by atoms with Crippen LogP contribution in [0.15, 0.2) is 24.3 Å². The van der Waals surface area contributed by atoms with Crippen LogP contribution in [0.5, 0.6) is 0 Å². The van der Waals surface area contributed by atoms with Crippen molar-refractivity contribution in [1.82, 2.24) is 0 Å². The molecule has 1 aliphatic rings. The molecule has 2 N–H and O–H groups in total. The molecule has 0 amide bonds. The summed E-state index contributed by atoms with van der Waals surface area (Å²) in [4.78, 5) is 0. The van der Waals surface area contributed by atoms with Crippen LogP contribution in [0.2, 0.25) is 0 Å². The van der Waals surface area contributed by atoms with Gasteiger partial charge >= 0.3 is 0 Å². The van der Waals surface area contributed by atoms with Crippen LogP contribution in [-0.2, 0) is 5.54 Å². The van der Waals surface area contributed by atoms with E-state index in [4.69, 9.17) is 5.73 Å². The van der Waals surface area contributed by atoms with Gasteiger partial charge in [0.05, 0.1) is 0 Å². The molecule has 2 rings (SSSR count). The van der Waals surface area contributed by atoms with Crippen molar-refractivity contribution in [3.63, 3.8) is 0 Å². The van der Waals surface area contributed by atoms with Crippen molar-refractivity contribution < 1.29 is 4.39 Å². The summed E-state index contributed by atoms with van der Waals surface area (Å²) in [5, 5.41) is 0. The van der Waals surface area contributed by atoms with Gasteiger partial charge in [0.1, 0.15) is 5.82 Å². The SMILES string of the molecule is CC1(C)CCC(N)(c2ccccc2F)CC1. The first-order valence-corrected chi connectivity index (χ1v) is 5.97. The maximum atomic E-state index is 13.7. The topological polar surface area (TPSA) is 26.0 Å². The maximum absolute atomic E-state index is 13.7. The van der Waals surface area contributed by atoms with Crippen LogP contribution in [0.4, 0.5) is 4.39 Å². The summed E-state index contributed by atoms with van der Waals surface area (Å²) in [6.45, 7) is 4.52. The molecule has 1 aromatic carbocycles. The number of nitrogens with two attached hydrogens (primary N) is 1. The van der Waals surface area contributed by atoms with E-state index in [0.29, 0.717) is 11.0 Å². The fraction of sp³-hybridized carbons (Fsp3) is 0.571. The number of hydrogen-bond acceptors (Lipinski definition) is 1. The van der Waals surface area contributed by atoms with Crippen LogP contribution in [0.1, 0.15) is 45.1 Å². The van der Waals surface area contributed by atoms with E-state index in [1.165, 1.54) is 6.07 Å². The van der Waals surface area contributed by atoms with Crippen LogP contribution in [-0.4, -0.2) is 0 Å². The first-order valence-electron chi connectivity index (χ1n) is 5.97. The molecule has 1 fully saturated rings. The Bertz CT molecular complexity index is 374. The lowest BCUT2D eigenvalue weighted by Gasteiger charge is -2.41. The number of benzene rings is 1. The minimum absolute atomic E-state index is 0.162. The summed E-state index contributed by atoms with van der Waals surface area (Å²) < 4.78 is 13.7. The Hall–Kier alpha value is -0.890. The highest BCUT2D eigenvalue weighted by Crippen LogP contribution is 2.44.